The Morgan fingerprint density at radius 3 is 2.31 bits per heavy atom. The number of aromatic carboxylic acids is 1. The van der Waals surface area contributed by atoms with Gasteiger partial charge in [-0.3, -0.25) is 0 Å². The van der Waals surface area contributed by atoms with Crippen LogP contribution in [-0.2, 0) is 0 Å². The van der Waals surface area contributed by atoms with Crippen LogP contribution >= 0.6 is 25.3 Å². The molecule has 70 valence electrons. The van der Waals surface area contributed by atoms with E-state index < -0.39 is 5.97 Å². The fourth-order valence-corrected chi connectivity index (χ4v) is 1.34. The minimum absolute atomic E-state index is 0.0613. The van der Waals surface area contributed by atoms with E-state index in [9.17, 15) is 4.79 Å². The minimum atomic E-state index is -0.909. The Morgan fingerprint density at radius 2 is 1.92 bits per heavy atom. The van der Waals surface area contributed by atoms with Gasteiger partial charge in [0.25, 0.3) is 0 Å². The summed E-state index contributed by atoms with van der Waals surface area (Å²) in [7, 11) is 0. The largest absolute Gasteiger partial charge is 0.478 e. The standard InChI is InChI=1S/C9H10O2S2/c10-9(11)7-3-1-6(2-4-7)8(13)5-12/h1-4,8,12-13H,5H2,(H,10,11). The van der Waals surface area contributed by atoms with Gasteiger partial charge in [-0.1, -0.05) is 12.1 Å². The van der Waals surface area contributed by atoms with Crippen molar-refractivity contribution >= 4 is 31.2 Å². The second-order valence-electron chi connectivity index (χ2n) is 2.63. The maximum atomic E-state index is 10.5. The molecule has 1 aromatic carbocycles. The van der Waals surface area contributed by atoms with Crippen LogP contribution in [0.3, 0.4) is 0 Å². The van der Waals surface area contributed by atoms with Gasteiger partial charge in [-0.05, 0) is 17.7 Å². The Bertz CT molecular complexity index is 295. The lowest BCUT2D eigenvalue weighted by Gasteiger charge is -2.06. The molecular formula is C9H10O2S2. The highest BCUT2D eigenvalue weighted by Gasteiger charge is 2.05. The summed E-state index contributed by atoms with van der Waals surface area (Å²) in [6, 6.07) is 6.67. The normalized spacial score (nSPS) is 12.5. The van der Waals surface area contributed by atoms with E-state index >= 15 is 0 Å². The van der Waals surface area contributed by atoms with E-state index in [0.717, 1.165) is 5.56 Å². The molecule has 0 aliphatic rings. The number of carboxylic acids is 1. The molecule has 0 heterocycles. The van der Waals surface area contributed by atoms with Gasteiger partial charge in [0.05, 0.1) is 5.56 Å². The molecule has 0 saturated heterocycles. The first-order valence-electron chi connectivity index (χ1n) is 3.77. The summed E-state index contributed by atoms with van der Waals surface area (Å²) in [5.41, 5.74) is 1.28. The lowest BCUT2D eigenvalue weighted by atomic mass is 10.1. The number of benzene rings is 1. The van der Waals surface area contributed by atoms with Gasteiger partial charge in [-0.2, -0.15) is 25.3 Å². The Labute approximate surface area is 87.8 Å². The third kappa shape index (κ3) is 2.67. The smallest absolute Gasteiger partial charge is 0.335 e. The van der Waals surface area contributed by atoms with Crippen LogP contribution in [0.2, 0.25) is 0 Å². The van der Waals surface area contributed by atoms with Gasteiger partial charge in [0.15, 0.2) is 0 Å². The van der Waals surface area contributed by atoms with E-state index in [1.807, 2.05) is 0 Å². The highest BCUT2D eigenvalue weighted by atomic mass is 32.1. The van der Waals surface area contributed by atoms with E-state index in [4.69, 9.17) is 5.11 Å². The highest BCUT2D eigenvalue weighted by molar-refractivity contribution is 7.84. The SMILES string of the molecule is O=C(O)c1ccc(C(S)CS)cc1. The topological polar surface area (TPSA) is 37.3 Å². The first kappa shape index (κ1) is 10.5. The van der Waals surface area contributed by atoms with Crippen LogP contribution in [0, 0.1) is 0 Å². The van der Waals surface area contributed by atoms with Gasteiger partial charge in [-0.15, -0.1) is 0 Å². The molecule has 1 atom stereocenters. The van der Waals surface area contributed by atoms with Gasteiger partial charge in [0.2, 0.25) is 0 Å². The number of rotatable bonds is 3. The van der Waals surface area contributed by atoms with Gasteiger partial charge < -0.3 is 5.11 Å². The second-order valence-corrected chi connectivity index (χ2v) is 3.61. The van der Waals surface area contributed by atoms with Crippen molar-refractivity contribution in [3.8, 4) is 0 Å². The molecule has 1 N–H and O–H groups in total. The number of hydrogen-bond donors (Lipinski definition) is 3. The van der Waals surface area contributed by atoms with Gasteiger partial charge >= 0.3 is 5.97 Å². The third-order valence-electron chi connectivity index (χ3n) is 1.72. The zero-order valence-corrected chi connectivity index (χ0v) is 8.63. The molecule has 1 unspecified atom stereocenters. The molecule has 0 saturated carbocycles. The van der Waals surface area contributed by atoms with E-state index in [2.05, 4.69) is 25.3 Å². The number of carbonyl (C=O) groups is 1. The van der Waals surface area contributed by atoms with Gasteiger partial charge in [0, 0.05) is 11.0 Å². The predicted octanol–water partition coefficient (Wildman–Crippen LogP) is 2.29. The van der Waals surface area contributed by atoms with Crippen LogP contribution in [0.4, 0.5) is 0 Å². The molecule has 0 spiro atoms. The molecule has 0 radical (unpaired) electrons. The summed E-state index contributed by atoms with van der Waals surface area (Å²) < 4.78 is 0. The summed E-state index contributed by atoms with van der Waals surface area (Å²) in [5.74, 6) is -0.275. The van der Waals surface area contributed by atoms with Crippen molar-refractivity contribution in [2.24, 2.45) is 0 Å². The lowest BCUT2D eigenvalue weighted by molar-refractivity contribution is 0.0697. The summed E-state index contributed by atoms with van der Waals surface area (Å²) >= 11 is 8.38. The van der Waals surface area contributed by atoms with Gasteiger partial charge in [0.1, 0.15) is 0 Å². The van der Waals surface area contributed by atoms with Crippen molar-refractivity contribution < 1.29 is 9.90 Å². The molecule has 0 bridgehead atoms. The van der Waals surface area contributed by atoms with Crippen LogP contribution in [0.25, 0.3) is 0 Å². The van der Waals surface area contributed by atoms with Crippen LogP contribution in [0.15, 0.2) is 24.3 Å². The summed E-state index contributed by atoms with van der Waals surface area (Å²) in [4.78, 5) is 10.5. The Hall–Kier alpha value is -0.610. The van der Waals surface area contributed by atoms with Crippen molar-refractivity contribution in [1.82, 2.24) is 0 Å². The monoisotopic (exact) mass is 214 g/mol. The molecule has 4 heteroatoms. The fraction of sp³-hybridized carbons (Fsp3) is 0.222. The quantitative estimate of drug-likeness (QED) is 0.675. The molecule has 0 aromatic heterocycles. The molecule has 13 heavy (non-hydrogen) atoms. The molecule has 0 fully saturated rings. The van der Waals surface area contributed by atoms with Crippen molar-refractivity contribution in [2.75, 3.05) is 5.75 Å². The van der Waals surface area contributed by atoms with E-state index in [0.29, 0.717) is 11.3 Å². The zero-order chi connectivity index (χ0) is 9.84. The maximum Gasteiger partial charge on any atom is 0.335 e. The Balaban J connectivity index is 2.87. The van der Waals surface area contributed by atoms with Crippen molar-refractivity contribution in [1.29, 1.82) is 0 Å². The molecule has 0 aliphatic carbocycles. The summed E-state index contributed by atoms with van der Waals surface area (Å²) in [6.45, 7) is 0. The molecule has 2 nitrogen and oxygen atoms in total. The molecule has 1 aromatic rings. The van der Waals surface area contributed by atoms with Crippen molar-refractivity contribution in [3.05, 3.63) is 35.4 Å². The first-order valence-corrected chi connectivity index (χ1v) is 4.92. The average Bonchev–Trinajstić information content (AvgIpc) is 2.17. The van der Waals surface area contributed by atoms with Crippen molar-refractivity contribution in [3.63, 3.8) is 0 Å². The zero-order valence-electron chi connectivity index (χ0n) is 6.84. The predicted molar refractivity (Wildman–Crippen MR) is 59.0 cm³/mol. The molecule has 0 amide bonds. The first-order chi connectivity index (χ1) is 6.15. The van der Waals surface area contributed by atoms with Crippen molar-refractivity contribution in [2.45, 2.75) is 5.25 Å². The average molecular weight is 214 g/mol. The summed E-state index contributed by atoms with van der Waals surface area (Å²) in [5, 5.41) is 8.70. The number of hydrogen-bond acceptors (Lipinski definition) is 3. The maximum absolute atomic E-state index is 10.5. The van der Waals surface area contributed by atoms with Crippen LogP contribution < -0.4 is 0 Å². The fourth-order valence-electron chi connectivity index (χ4n) is 0.953. The van der Waals surface area contributed by atoms with E-state index in [-0.39, 0.29) is 5.25 Å². The van der Waals surface area contributed by atoms with Crippen LogP contribution in [0.5, 0.6) is 0 Å². The number of thiol groups is 2. The number of carboxylic acid groups (broad SMARTS) is 1. The molecule has 0 aliphatic heterocycles. The molecule has 1 rings (SSSR count). The Morgan fingerprint density at radius 1 is 1.38 bits per heavy atom. The second kappa shape index (κ2) is 4.58. The van der Waals surface area contributed by atoms with Crippen LogP contribution in [-0.4, -0.2) is 16.8 Å². The lowest BCUT2D eigenvalue weighted by Crippen LogP contribution is -1.97. The molecular weight excluding hydrogens is 204 g/mol. The minimum Gasteiger partial charge on any atom is -0.478 e. The highest BCUT2D eigenvalue weighted by Crippen LogP contribution is 2.21. The van der Waals surface area contributed by atoms with Gasteiger partial charge in [-0.25, -0.2) is 4.79 Å². The summed E-state index contributed by atoms with van der Waals surface area (Å²) in [6.07, 6.45) is 0. The van der Waals surface area contributed by atoms with Crippen LogP contribution in [0.1, 0.15) is 21.2 Å². The van der Waals surface area contributed by atoms with E-state index in [1.165, 1.54) is 0 Å². The third-order valence-corrected chi connectivity index (χ3v) is 2.85. The Kier molecular flexibility index (Phi) is 3.69. The van der Waals surface area contributed by atoms with E-state index in [1.54, 1.807) is 24.3 Å².